The second-order valence-electron chi connectivity index (χ2n) is 6.21. The number of anilines is 1. The number of carboxylic acid groups (broad SMARTS) is 1. The molecule has 1 amide bonds. The lowest BCUT2D eigenvalue weighted by molar-refractivity contribution is -0.136. The van der Waals surface area contributed by atoms with Gasteiger partial charge in [-0.25, -0.2) is 0 Å². The Morgan fingerprint density at radius 2 is 1.92 bits per heavy atom. The number of nitrogens with one attached hydrogen (secondary N) is 1. The normalized spacial score (nSPS) is 20.0. The Balaban J connectivity index is 1.74. The summed E-state index contributed by atoms with van der Waals surface area (Å²) >= 11 is 0. The van der Waals surface area contributed by atoms with E-state index in [1.807, 2.05) is 30.3 Å². The predicted octanol–water partition coefficient (Wildman–Crippen LogP) is 3.42. The number of aliphatic carboxylic acids is 1. The van der Waals surface area contributed by atoms with Crippen LogP contribution in [0.4, 0.5) is 5.69 Å². The Morgan fingerprint density at radius 1 is 1.12 bits per heavy atom. The minimum atomic E-state index is -0.895. The molecule has 2 N–H and O–H groups in total. The molecule has 1 fully saturated rings. The van der Waals surface area contributed by atoms with E-state index in [0.717, 1.165) is 18.4 Å². The van der Waals surface area contributed by atoms with Crippen molar-refractivity contribution < 1.29 is 19.4 Å². The van der Waals surface area contributed by atoms with Gasteiger partial charge in [-0.05, 0) is 36.1 Å². The molecule has 0 spiro atoms. The summed E-state index contributed by atoms with van der Waals surface area (Å²) in [5.74, 6) is -1.26. The summed E-state index contributed by atoms with van der Waals surface area (Å²) in [6, 6.07) is 16.7. The van der Waals surface area contributed by atoms with Crippen LogP contribution in [-0.2, 0) is 20.7 Å². The van der Waals surface area contributed by atoms with E-state index in [1.54, 1.807) is 24.3 Å². The largest absolute Gasteiger partial charge is 0.481 e. The van der Waals surface area contributed by atoms with Gasteiger partial charge in [-0.2, -0.15) is 0 Å². The molecular formula is C20H21NO4. The van der Waals surface area contributed by atoms with Gasteiger partial charge in [0.2, 0.25) is 5.91 Å². The number of rotatable bonds is 5. The van der Waals surface area contributed by atoms with Crippen molar-refractivity contribution >= 4 is 17.6 Å². The standard InChI is InChI=1S/C20H21NO4/c22-18(23)13-14-6-4-9-16(12-14)21-20(24)17-10-5-11-25-19(17)15-7-2-1-3-8-15/h1-4,6-9,12,17,19H,5,10-11,13H2,(H,21,24)(H,22,23). The van der Waals surface area contributed by atoms with Crippen LogP contribution < -0.4 is 5.32 Å². The van der Waals surface area contributed by atoms with Gasteiger partial charge in [0.05, 0.1) is 18.4 Å². The first kappa shape index (κ1) is 17.2. The van der Waals surface area contributed by atoms with E-state index >= 15 is 0 Å². The molecule has 130 valence electrons. The average Bonchev–Trinajstić information content (AvgIpc) is 2.62. The molecule has 0 aromatic heterocycles. The molecule has 1 aliphatic heterocycles. The van der Waals surface area contributed by atoms with Crippen LogP contribution in [0, 0.1) is 5.92 Å². The zero-order valence-corrected chi connectivity index (χ0v) is 13.9. The lowest BCUT2D eigenvalue weighted by atomic mass is 9.88. The first-order valence-electron chi connectivity index (χ1n) is 8.41. The van der Waals surface area contributed by atoms with Crippen molar-refractivity contribution in [2.45, 2.75) is 25.4 Å². The van der Waals surface area contributed by atoms with Crippen LogP contribution >= 0.6 is 0 Å². The van der Waals surface area contributed by atoms with Crippen molar-refractivity contribution in [2.75, 3.05) is 11.9 Å². The van der Waals surface area contributed by atoms with E-state index in [9.17, 15) is 9.59 Å². The zero-order chi connectivity index (χ0) is 17.6. The van der Waals surface area contributed by atoms with Crippen molar-refractivity contribution in [2.24, 2.45) is 5.92 Å². The van der Waals surface area contributed by atoms with E-state index in [0.29, 0.717) is 17.9 Å². The van der Waals surface area contributed by atoms with Crippen molar-refractivity contribution in [1.82, 2.24) is 0 Å². The quantitative estimate of drug-likeness (QED) is 0.875. The van der Waals surface area contributed by atoms with Gasteiger partial charge in [-0.3, -0.25) is 9.59 Å². The lowest BCUT2D eigenvalue weighted by Gasteiger charge is -2.31. The molecule has 1 aliphatic rings. The van der Waals surface area contributed by atoms with Crippen LogP contribution in [0.25, 0.3) is 0 Å². The van der Waals surface area contributed by atoms with E-state index in [4.69, 9.17) is 9.84 Å². The van der Waals surface area contributed by atoms with Gasteiger partial charge in [0.15, 0.2) is 0 Å². The molecule has 3 rings (SSSR count). The van der Waals surface area contributed by atoms with Gasteiger partial charge in [-0.15, -0.1) is 0 Å². The molecule has 0 bridgehead atoms. The monoisotopic (exact) mass is 339 g/mol. The van der Waals surface area contributed by atoms with Crippen molar-refractivity contribution in [1.29, 1.82) is 0 Å². The first-order chi connectivity index (χ1) is 12.1. The molecule has 1 heterocycles. The molecule has 0 radical (unpaired) electrons. The van der Waals surface area contributed by atoms with Crippen molar-refractivity contribution in [3.63, 3.8) is 0 Å². The Labute approximate surface area is 146 Å². The third-order valence-corrected chi connectivity index (χ3v) is 4.34. The first-order valence-corrected chi connectivity index (χ1v) is 8.41. The van der Waals surface area contributed by atoms with Gasteiger partial charge >= 0.3 is 5.97 Å². The van der Waals surface area contributed by atoms with Crippen LogP contribution in [0.2, 0.25) is 0 Å². The second kappa shape index (κ2) is 7.94. The fourth-order valence-electron chi connectivity index (χ4n) is 3.19. The molecule has 2 aromatic rings. The molecule has 2 unspecified atom stereocenters. The minimum absolute atomic E-state index is 0.0666. The highest BCUT2D eigenvalue weighted by atomic mass is 16.5. The molecule has 1 saturated heterocycles. The minimum Gasteiger partial charge on any atom is -0.481 e. The molecule has 5 nitrogen and oxygen atoms in total. The second-order valence-corrected chi connectivity index (χ2v) is 6.21. The number of carbonyl (C=O) groups excluding carboxylic acids is 1. The molecule has 0 saturated carbocycles. The summed E-state index contributed by atoms with van der Waals surface area (Å²) in [6.07, 6.45) is 1.29. The Morgan fingerprint density at radius 3 is 2.68 bits per heavy atom. The number of benzene rings is 2. The Kier molecular flexibility index (Phi) is 5.46. The van der Waals surface area contributed by atoms with Crippen molar-refractivity contribution in [3.05, 3.63) is 65.7 Å². The van der Waals surface area contributed by atoms with Crippen LogP contribution in [-0.4, -0.2) is 23.6 Å². The topological polar surface area (TPSA) is 75.6 Å². The van der Waals surface area contributed by atoms with E-state index < -0.39 is 5.97 Å². The summed E-state index contributed by atoms with van der Waals surface area (Å²) in [6.45, 7) is 0.650. The van der Waals surface area contributed by atoms with E-state index in [2.05, 4.69) is 5.32 Å². The summed E-state index contributed by atoms with van der Waals surface area (Å²) in [5.41, 5.74) is 2.27. The van der Waals surface area contributed by atoms with Gasteiger partial charge in [0, 0.05) is 12.3 Å². The number of hydrogen-bond donors (Lipinski definition) is 2. The summed E-state index contributed by atoms with van der Waals surface area (Å²) in [7, 11) is 0. The smallest absolute Gasteiger partial charge is 0.307 e. The Hall–Kier alpha value is -2.66. The molecular weight excluding hydrogens is 318 g/mol. The number of amides is 1. The fourth-order valence-corrected chi connectivity index (χ4v) is 3.19. The highest BCUT2D eigenvalue weighted by molar-refractivity contribution is 5.93. The van der Waals surface area contributed by atoms with Crippen LogP contribution in [0.15, 0.2) is 54.6 Å². The number of carbonyl (C=O) groups is 2. The predicted molar refractivity (Wildman–Crippen MR) is 94.3 cm³/mol. The van der Waals surface area contributed by atoms with Crippen LogP contribution in [0.5, 0.6) is 0 Å². The van der Waals surface area contributed by atoms with Gasteiger partial charge in [-0.1, -0.05) is 42.5 Å². The van der Waals surface area contributed by atoms with Gasteiger partial charge < -0.3 is 15.2 Å². The maximum absolute atomic E-state index is 12.8. The van der Waals surface area contributed by atoms with Crippen molar-refractivity contribution in [3.8, 4) is 0 Å². The van der Waals surface area contributed by atoms with Crippen LogP contribution in [0.3, 0.4) is 0 Å². The third kappa shape index (κ3) is 4.45. The number of carboxylic acids is 1. The molecule has 5 heteroatoms. The lowest BCUT2D eigenvalue weighted by Crippen LogP contribution is -2.33. The maximum atomic E-state index is 12.8. The van der Waals surface area contributed by atoms with Gasteiger partial charge in [0.1, 0.15) is 0 Å². The highest BCUT2D eigenvalue weighted by Crippen LogP contribution is 2.34. The molecule has 25 heavy (non-hydrogen) atoms. The molecule has 0 aliphatic carbocycles. The Bertz CT molecular complexity index is 744. The number of hydrogen-bond acceptors (Lipinski definition) is 3. The average molecular weight is 339 g/mol. The SMILES string of the molecule is O=C(O)Cc1cccc(NC(=O)C2CCCOC2c2ccccc2)c1. The maximum Gasteiger partial charge on any atom is 0.307 e. The zero-order valence-electron chi connectivity index (χ0n) is 13.9. The summed E-state index contributed by atoms with van der Waals surface area (Å²) in [4.78, 5) is 23.6. The highest BCUT2D eigenvalue weighted by Gasteiger charge is 2.33. The summed E-state index contributed by atoms with van der Waals surface area (Å²) in [5, 5.41) is 11.8. The van der Waals surface area contributed by atoms with Gasteiger partial charge in [0.25, 0.3) is 0 Å². The number of ether oxygens (including phenoxy) is 1. The van der Waals surface area contributed by atoms with E-state index in [-0.39, 0.29) is 24.3 Å². The third-order valence-electron chi connectivity index (χ3n) is 4.34. The summed E-state index contributed by atoms with van der Waals surface area (Å²) < 4.78 is 5.87. The van der Waals surface area contributed by atoms with E-state index in [1.165, 1.54) is 0 Å². The molecule has 2 atom stereocenters. The van der Waals surface area contributed by atoms with Crippen LogP contribution in [0.1, 0.15) is 30.1 Å². The molecule has 2 aromatic carbocycles. The fraction of sp³-hybridized carbons (Fsp3) is 0.300.